The van der Waals surface area contributed by atoms with Gasteiger partial charge in [-0.3, -0.25) is 4.79 Å². The van der Waals surface area contributed by atoms with Gasteiger partial charge in [0, 0.05) is 32.6 Å². The van der Waals surface area contributed by atoms with Gasteiger partial charge in [0.15, 0.2) is 5.96 Å². The van der Waals surface area contributed by atoms with E-state index in [2.05, 4.69) is 67.6 Å². The van der Waals surface area contributed by atoms with Crippen molar-refractivity contribution in [2.45, 2.75) is 58.9 Å². The topological polar surface area (TPSA) is 56.7 Å². The number of likely N-dealkylation sites (tertiary alicyclic amines) is 1. The number of hydrogen-bond acceptors (Lipinski definition) is 2. The Kier molecular flexibility index (Phi) is 7.49. The molecule has 1 heterocycles. The number of rotatable bonds is 7. The fourth-order valence-corrected chi connectivity index (χ4v) is 3.04. The molecule has 26 heavy (non-hydrogen) atoms. The summed E-state index contributed by atoms with van der Waals surface area (Å²) in [6.45, 7) is 12.8. The van der Waals surface area contributed by atoms with Gasteiger partial charge >= 0.3 is 0 Å². The van der Waals surface area contributed by atoms with Gasteiger partial charge in [-0.15, -0.1) is 0 Å². The predicted octanol–water partition coefficient (Wildman–Crippen LogP) is 3.05. The second-order valence-corrected chi connectivity index (χ2v) is 7.91. The van der Waals surface area contributed by atoms with Gasteiger partial charge in [0.2, 0.25) is 5.91 Å². The molecule has 5 nitrogen and oxygen atoms in total. The first-order chi connectivity index (χ1) is 12.4. The summed E-state index contributed by atoms with van der Waals surface area (Å²) in [6.07, 6.45) is 2.66. The van der Waals surface area contributed by atoms with Crippen LogP contribution in [0.15, 0.2) is 29.3 Å². The lowest BCUT2D eigenvalue weighted by atomic mass is 9.87. The highest BCUT2D eigenvalue weighted by Crippen LogP contribution is 2.22. The summed E-state index contributed by atoms with van der Waals surface area (Å²) in [4.78, 5) is 18.3. The lowest BCUT2D eigenvalue weighted by Crippen LogP contribution is -2.39. The predicted molar refractivity (Wildman–Crippen MR) is 108 cm³/mol. The van der Waals surface area contributed by atoms with E-state index in [9.17, 15) is 4.79 Å². The molecule has 2 rings (SSSR count). The molecule has 0 aromatic heterocycles. The molecule has 1 amide bonds. The van der Waals surface area contributed by atoms with Crippen LogP contribution in [-0.4, -0.2) is 42.9 Å². The Morgan fingerprint density at radius 1 is 1.19 bits per heavy atom. The molecule has 0 bridgehead atoms. The van der Waals surface area contributed by atoms with Crippen LogP contribution >= 0.6 is 0 Å². The minimum absolute atomic E-state index is 0.176. The standard InChI is InChI=1S/C21H34N4O/c1-5-22-20(23-13-7-15-25-14-6-8-19(25)26)24-16-17-9-11-18(12-10-17)21(2,3)4/h9-12H,5-8,13-16H2,1-4H3,(H2,22,23,24). The smallest absolute Gasteiger partial charge is 0.222 e. The third-order valence-electron chi connectivity index (χ3n) is 4.65. The number of carbonyl (C=O) groups is 1. The molecule has 1 saturated heterocycles. The molecule has 1 aliphatic rings. The van der Waals surface area contributed by atoms with Crippen molar-refractivity contribution in [2.24, 2.45) is 4.99 Å². The van der Waals surface area contributed by atoms with Crippen molar-refractivity contribution >= 4 is 11.9 Å². The van der Waals surface area contributed by atoms with Gasteiger partial charge in [-0.1, -0.05) is 45.0 Å². The van der Waals surface area contributed by atoms with Gasteiger partial charge in [-0.05, 0) is 36.3 Å². The number of guanidine groups is 1. The lowest BCUT2D eigenvalue weighted by Gasteiger charge is -2.19. The van der Waals surface area contributed by atoms with E-state index in [1.165, 1.54) is 11.1 Å². The third-order valence-corrected chi connectivity index (χ3v) is 4.65. The molecule has 1 aromatic rings. The first kappa shape index (κ1) is 20.3. The normalized spacial score (nSPS) is 15.5. The molecule has 1 fully saturated rings. The molecule has 144 valence electrons. The summed E-state index contributed by atoms with van der Waals surface area (Å²) in [5.74, 6) is 1.13. The first-order valence-electron chi connectivity index (χ1n) is 9.79. The summed E-state index contributed by atoms with van der Waals surface area (Å²) >= 11 is 0. The zero-order valence-corrected chi connectivity index (χ0v) is 16.8. The lowest BCUT2D eigenvalue weighted by molar-refractivity contribution is -0.127. The van der Waals surface area contributed by atoms with Crippen LogP contribution in [0.1, 0.15) is 58.1 Å². The van der Waals surface area contributed by atoms with Crippen molar-refractivity contribution < 1.29 is 4.79 Å². The van der Waals surface area contributed by atoms with Crippen molar-refractivity contribution in [3.63, 3.8) is 0 Å². The molecule has 1 aliphatic heterocycles. The molecule has 2 N–H and O–H groups in total. The third kappa shape index (κ3) is 6.36. The fraction of sp³-hybridized carbons (Fsp3) is 0.619. The molecule has 0 saturated carbocycles. The van der Waals surface area contributed by atoms with Gasteiger partial charge in [0.1, 0.15) is 0 Å². The minimum atomic E-state index is 0.176. The summed E-state index contributed by atoms with van der Waals surface area (Å²) in [5, 5.41) is 6.65. The highest BCUT2D eigenvalue weighted by Gasteiger charge is 2.18. The van der Waals surface area contributed by atoms with E-state index in [-0.39, 0.29) is 5.41 Å². The van der Waals surface area contributed by atoms with Gasteiger partial charge in [-0.2, -0.15) is 0 Å². The molecule has 0 unspecified atom stereocenters. The Morgan fingerprint density at radius 3 is 2.50 bits per heavy atom. The summed E-state index contributed by atoms with van der Waals surface area (Å²) in [6, 6.07) is 8.70. The van der Waals surface area contributed by atoms with Crippen LogP contribution in [0.4, 0.5) is 0 Å². The summed E-state index contributed by atoms with van der Waals surface area (Å²) < 4.78 is 0. The Balaban J connectivity index is 1.80. The Labute approximate surface area is 158 Å². The molecule has 5 heteroatoms. The van der Waals surface area contributed by atoms with Gasteiger partial charge < -0.3 is 15.5 Å². The monoisotopic (exact) mass is 358 g/mol. The van der Waals surface area contributed by atoms with E-state index in [1.807, 2.05) is 4.90 Å². The molecule has 0 atom stereocenters. The fourth-order valence-electron chi connectivity index (χ4n) is 3.04. The van der Waals surface area contributed by atoms with Crippen LogP contribution in [0.5, 0.6) is 0 Å². The van der Waals surface area contributed by atoms with Crippen LogP contribution in [0.25, 0.3) is 0 Å². The molecular formula is C21H34N4O. The number of nitrogens with one attached hydrogen (secondary N) is 2. The van der Waals surface area contributed by atoms with Crippen molar-refractivity contribution in [3.05, 3.63) is 35.4 Å². The summed E-state index contributed by atoms with van der Waals surface area (Å²) in [7, 11) is 0. The van der Waals surface area contributed by atoms with E-state index >= 15 is 0 Å². The highest BCUT2D eigenvalue weighted by molar-refractivity contribution is 5.79. The van der Waals surface area contributed by atoms with E-state index in [4.69, 9.17) is 0 Å². The van der Waals surface area contributed by atoms with Crippen molar-refractivity contribution in [2.75, 3.05) is 26.2 Å². The van der Waals surface area contributed by atoms with E-state index < -0.39 is 0 Å². The summed E-state index contributed by atoms with van der Waals surface area (Å²) in [5.41, 5.74) is 2.72. The van der Waals surface area contributed by atoms with Gasteiger partial charge in [0.05, 0.1) is 6.54 Å². The van der Waals surface area contributed by atoms with Gasteiger partial charge in [-0.25, -0.2) is 4.99 Å². The maximum absolute atomic E-state index is 11.6. The van der Waals surface area contributed by atoms with Gasteiger partial charge in [0.25, 0.3) is 0 Å². The maximum Gasteiger partial charge on any atom is 0.222 e. The van der Waals surface area contributed by atoms with E-state index in [0.29, 0.717) is 18.9 Å². The number of nitrogens with zero attached hydrogens (tertiary/aromatic N) is 2. The molecular weight excluding hydrogens is 324 g/mol. The number of benzene rings is 1. The quantitative estimate of drug-likeness (QED) is 0.447. The van der Waals surface area contributed by atoms with Crippen molar-refractivity contribution in [1.82, 2.24) is 15.5 Å². The largest absolute Gasteiger partial charge is 0.357 e. The Hall–Kier alpha value is -2.04. The van der Waals surface area contributed by atoms with Crippen LogP contribution in [-0.2, 0) is 16.8 Å². The SMILES string of the molecule is CCNC(=NCc1ccc(C(C)(C)C)cc1)NCCCN1CCCC1=O. The molecule has 0 aliphatic carbocycles. The van der Waals surface area contributed by atoms with Crippen LogP contribution in [0, 0.1) is 0 Å². The zero-order chi connectivity index (χ0) is 19.0. The van der Waals surface area contributed by atoms with Crippen molar-refractivity contribution in [1.29, 1.82) is 0 Å². The minimum Gasteiger partial charge on any atom is -0.357 e. The van der Waals surface area contributed by atoms with E-state index in [0.717, 1.165) is 45.0 Å². The van der Waals surface area contributed by atoms with Crippen LogP contribution in [0.2, 0.25) is 0 Å². The maximum atomic E-state index is 11.6. The van der Waals surface area contributed by atoms with Crippen LogP contribution in [0.3, 0.4) is 0 Å². The first-order valence-corrected chi connectivity index (χ1v) is 9.79. The number of hydrogen-bond donors (Lipinski definition) is 2. The second-order valence-electron chi connectivity index (χ2n) is 7.91. The zero-order valence-electron chi connectivity index (χ0n) is 16.8. The van der Waals surface area contributed by atoms with Crippen LogP contribution < -0.4 is 10.6 Å². The van der Waals surface area contributed by atoms with E-state index in [1.54, 1.807) is 0 Å². The number of aliphatic imine (C=N–C) groups is 1. The Bertz CT molecular complexity index is 601. The molecule has 0 spiro atoms. The highest BCUT2D eigenvalue weighted by atomic mass is 16.2. The number of amides is 1. The Morgan fingerprint density at radius 2 is 1.92 bits per heavy atom. The average molecular weight is 359 g/mol. The van der Waals surface area contributed by atoms with Crippen molar-refractivity contribution in [3.8, 4) is 0 Å². The molecule has 0 radical (unpaired) electrons. The second kappa shape index (κ2) is 9.60. The molecule has 1 aromatic carbocycles. The average Bonchev–Trinajstić information content (AvgIpc) is 3.01. The number of carbonyl (C=O) groups excluding carboxylic acids is 1.